The zero-order chi connectivity index (χ0) is 12.3. The number of carbonyl (C=O) groups excluding carboxylic acids is 1. The summed E-state index contributed by atoms with van der Waals surface area (Å²) in [6.45, 7) is 0. The first-order valence-electron chi connectivity index (χ1n) is 4.90. The third-order valence-electron chi connectivity index (χ3n) is 2.16. The molecule has 2 aromatic rings. The summed E-state index contributed by atoms with van der Waals surface area (Å²) in [7, 11) is 1.32. The van der Waals surface area contributed by atoms with Crippen molar-refractivity contribution >= 4 is 5.91 Å². The average Bonchev–Trinajstić information content (AvgIpc) is 2.79. The number of furan rings is 1. The predicted octanol–water partition coefficient (Wildman–Crippen LogP) is 2.38. The lowest BCUT2D eigenvalue weighted by Crippen LogP contribution is -2.20. The molecule has 0 saturated carbocycles. The van der Waals surface area contributed by atoms with Crippen LogP contribution in [0.2, 0.25) is 0 Å². The normalized spacial score (nSPS) is 10.2. The van der Waals surface area contributed by atoms with Crippen LogP contribution in [-0.4, -0.2) is 13.0 Å². The third-order valence-corrected chi connectivity index (χ3v) is 2.16. The van der Waals surface area contributed by atoms with Crippen LogP contribution in [0.4, 0.5) is 4.39 Å². The molecule has 0 atom stereocenters. The molecule has 1 aromatic heterocycles. The van der Waals surface area contributed by atoms with Gasteiger partial charge < -0.3 is 4.42 Å². The standard InChI is InChI=1S/C12H10FNO3/c1-16-14-12(15)11-7-6-10(17-11)8-4-2-3-5-9(8)13/h2-7H,1H3,(H,14,15). The number of nitrogens with one attached hydrogen (secondary N) is 1. The summed E-state index contributed by atoms with van der Waals surface area (Å²) in [6, 6.07) is 9.16. The topological polar surface area (TPSA) is 51.5 Å². The van der Waals surface area contributed by atoms with E-state index in [2.05, 4.69) is 10.3 Å². The molecule has 1 heterocycles. The number of benzene rings is 1. The Kier molecular flexibility index (Phi) is 3.20. The lowest BCUT2D eigenvalue weighted by molar-refractivity contribution is 0.0510. The lowest BCUT2D eigenvalue weighted by atomic mass is 10.1. The van der Waals surface area contributed by atoms with E-state index in [1.165, 1.54) is 25.3 Å². The monoisotopic (exact) mass is 235 g/mol. The molecule has 0 fully saturated rings. The molecule has 0 unspecified atom stereocenters. The molecule has 17 heavy (non-hydrogen) atoms. The Morgan fingerprint density at radius 1 is 1.29 bits per heavy atom. The van der Waals surface area contributed by atoms with Gasteiger partial charge in [0.2, 0.25) is 0 Å². The molecular formula is C12H10FNO3. The molecule has 1 N–H and O–H groups in total. The number of hydrogen-bond acceptors (Lipinski definition) is 3. The first-order chi connectivity index (χ1) is 8.22. The van der Waals surface area contributed by atoms with Crippen LogP contribution in [0.1, 0.15) is 10.6 Å². The smallest absolute Gasteiger partial charge is 0.310 e. The van der Waals surface area contributed by atoms with Crippen LogP contribution in [0, 0.1) is 5.82 Å². The zero-order valence-corrected chi connectivity index (χ0v) is 9.07. The molecular weight excluding hydrogens is 225 g/mol. The van der Waals surface area contributed by atoms with Crippen molar-refractivity contribution in [1.29, 1.82) is 0 Å². The van der Waals surface area contributed by atoms with E-state index in [1.807, 2.05) is 0 Å². The molecule has 5 heteroatoms. The number of halogens is 1. The Bertz CT molecular complexity index is 536. The van der Waals surface area contributed by atoms with Gasteiger partial charge in [-0.1, -0.05) is 12.1 Å². The van der Waals surface area contributed by atoms with E-state index in [4.69, 9.17) is 4.42 Å². The molecule has 0 radical (unpaired) electrons. The molecule has 1 aromatic carbocycles. The minimum Gasteiger partial charge on any atom is -0.451 e. The summed E-state index contributed by atoms with van der Waals surface area (Å²) < 4.78 is 18.7. The molecule has 0 aliphatic carbocycles. The third kappa shape index (κ3) is 2.34. The van der Waals surface area contributed by atoms with Gasteiger partial charge in [-0.05, 0) is 24.3 Å². The maximum atomic E-state index is 13.4. The first-order valence-corrected chi connectivity index (χ1v) is 4.90. The van der Waals surface area contributed by atoms with Gasteiger partial charge in [0.25, 0.3) is 0 Å². The van der Waals surface area contributed by atoms with Crippen molar-refractivity contribution in [2.45, 2.75) is 0 Å². The van der Waals surface area contributed by atoms with Gasteiger partial charge in [-0.25, -0.2) is 9.87 Å². The second-order valence-electron chi connectivity index (χ2n) is 3.28. The van der Waals surface area contributed by atoms with E-state index in [0.29, 0.717) is 11.3 Å². The highest BCUT2D eigenvalue weighted by atomic mass is 19.1. The molecule has 0 spiro atoms. The quantitative estimate of drug-likeness (QED) is 0.831. The molecule has 4 nitrogen and oxygen atoms in total. The zero-order valence-electron chi connectivity index (χ0n) is 9.07. The Hall–Kier alpha value is -2.14. The number of rotatable bonds is 3. The van der Waals surface area contributed by atoms with Crippen molar-refractivity contribution in [3.05, 3.63) is 48.0 Å². The average molecular weight is 235 g/mol. The van der Waals surface area contributed by atoms with Crippen LogP contribution in [-0.2, 0) is 4.84 Å². The highest BCUT2D eigenvalue weighted by molar-refractivity contribution is 5.91. The van der Waals surface area contributed by atoms with E-state index < -0.39 is 11.7 Å². The lowest BCUT2D eigenvalue weighted by Gasteiger charge is -1.99. The van der Waals surface area contributed by atoms with Crippen molar-refractivity contribution in [2.24, 2.45) is 0 Å². The molecule has 2 rings (SSSR count). The number of amides is 1. The van der Waals surface area contributed by atoms with Gasteiger partial charge in [0.1, 0.15) is 11.6 Å². The van der Waals surface area contributed by atoms with E-state index >= 15 is 0 Å². The van der Waals surface area contributed by atoms with Crippen molar-refractivity contribution in [3.8, 4) is 11.3 Å². The Labute approximate surface area is 97.0 Å². The predicted molar refractivity (Wildman–Crippen MR) is 58.6 cm³/mol. The molecule has 0 aliphatic heterocycles. The van der Waals surface area contributed by atoms with Gasteiger partial charge in [0, 0.05) is 0 Å². The Balaban J connectivity index is 2.30. The molecule has 88 valence electrons. The highest BCUT2D eigenvalue weighted by Gasteiger charge is 2.13. The van der Waals surface area contributed by atoms with Gasteiger partial charge >= 0.3 is 5.91 Å². The van der Waals surface area contributed by atoms with E-state index in [-0.39, 0.29) is 5.76 Å². The van der Waals surface area contributed by atoms with Crippen LogP contribution in [0.25, 0.3) is 11.3 Å². The Morgan fingerprint density at radius 2 is 2.06 bits per heavy atom. The van der Waals surface area contributed by atoms with Gasteiger partial charge in [-0.15, -0.1) is 0 Å². The van der Waals surface area contributed by atoms with Gasteiger partial charge in [0.15, 0.2) is 5.76 Å². The molecule has 0 aliphatic rings. The van der Waals surface area contributed by atoms with E-state index in [1.54, 1.807) is 18.2 Å². The molecule has 1 amide bonds. The summed E-state index contributed by atoms with van der Waals surface area (Å²) in [4.78, 5) is 15.8. The summed E-state index contributed by atoms with van der Waals surface area (Å²) in [5, 5.41) is 0. The summed E-state index contributed by atoms with van der Waals surface area (Å²) in [5.74, 6) is -0.565. The second kappa shape index (κ2) is 4.80. The number of carbonyl (C=O) groups is 1. The van der Waals surface area contributed by atoms with Crippen LogP contribution >= 0.6 is 0 Å². The summed E-state index contributed by atoms with van der Waals surface area (Å²) in [6.07, 6.45) is 0. The number of hydrogen-bond donors (Lipinski definition) is 1. The fraction of sp³-hybridized carbons (Fsp3) is 0.0833. The minimum absolute atomic E-state index is 0.0603. The maximum absolute atomic E-state index is 13.4. The van der Waals surface area contributed by atoms with Crippen molar-refractivity contribution in [1.82, 2.24) is 5.48 Å². The Morgan fingerprint density at radius 3 is 2.76 bits per heavy atom. The molecule has 0 saturated heterocycles. The van der Waals surface area contributed by atoms with Crippen molar-refractivity contribution in [3.63, 3.8) is 0 Å². The number of hydroxylamine groups is 1. The fourth-order valence-electron chi connectivity index (χ4n) is 1.41. The fourth-order valence-corrected chi connectivity index (χ4v) is 1.41. The van der Waals surface area contributed by atoms with Gasteiger partial charge in [0.05, 0.1) is 12.7 Å². The van der Waals surface area contributed by atoms with Crippen molar-refractivity contribution < 1.29 is 18.4 Å². The maximum Gasteiger partial charge on any atom is 0.310 e. The second-order valence-corrected chi connectivity index (χ2v) is 3.28. The van der Waals surface area contributed by atoms with Gasteiger partial charge in [-0.3, -0.25) is 9.63 Å². The largest absolute Gasteiger partial charge is 0.451 e. The SMILES string of the molecule is CONC(=O)c1ccc(-c2ccccc2F)o1. The van der Waals surface area contributed by atoms with Crippen LogP contribution < -0.4 is 5.48 Å². The summed E-state index contributed by atoms with van der Waals surface area (Å²) >= 11 is 0. The van der Waals surface area contributed by atoms with E-state index in [9.17, 15) is 9.18 Å². The minimum atomic E-state index is -0.518. The molecule has 0 bridgehead atoms. The first kappa shape index (κ1) is 11.3. The van der Waals surface area contributed by atoms with Crippen molar-refractivity contribution in [2.75, 3.05) is 7.11 Å². The summed E-state index contributed by atoms with van der Waals surface area (Å²) in [5.41, 5.74) is 2.42. The van der Waals surface area contributed by atoms with Gasteiger partial charge in [-0.2, -0.15) is 0 Å². The van der Waals surface area contributed by atoms with E-state index in [0.717, 1.165) is 0 Å². The van der Waals surface area contributed by atoms with Crippen LogP contribution in [0.3, 0.4) is 0 Å². The highest BCUT2D eigenvalue weighted by Crippen LogP contribution is 2.24. The van der Waals surface area contributed by atoms with Crippen LogP contribution in [0.15, 0.2) is 40.8 Å². The van der Waals surface area contributed by atoms with Crippen LogP contribution in [0.5, 0.6) is 0 Å².